The van der Waals surface area contributed by atoms with E-state index in [1.165, 1.54) is 135 Å². The molecule has 1 heterocycles. The fraction of sp³-hybridized carbons (Fsp3) is 0.844. The Morgan fingerprint density at radius 2 is 0.662 bits per heavy atom. The van der Waals surface area contributed by atoms with Gasteiger partial charge in [-0.15, -0.1) is 0 Å². The second kappa shape index (κ2) is 52.1. The third-order valence-corrected chi connectivity index (χ3v) is 14.1. The molecule has 10 nitrogen and oxygen atoms in total. The topological polar surface area (TPSA) is 118 Å². The zero-order valence-electron chi connectivity index (χ0n) is 48.7. The number of allylic oxidation sites excluding steroid dienone is 6. The fourth-order valence-corrected chi connectivity index (χ4v) is 9.38. The summed E-state index contributed by atoms with van der Waals surface area (Å²) in [5.41, 5.74) is 0. The average Bonchev–Trinajstić information content (AvgIpc) is 3.69. The number of carbonyl (C=O) groups excluding carboxylic acids is 4. The van der Waals surface area contributed by atoms with Crippen LogP contribution < -0.4 is 0 Å². The SMILES string of the molecule is CCCCCCCC/C=C\CCCCCCCC(=O)O[C@@H]1O[C@H](COC(=O)CCN(C)C)[C@H](OC(=O)CCCCCCC/C=C\CCCCCCCC)[C@@H]1OC(=O)CCCCCCC/C=C\CCCCCCCC. The lowest BCUT2D eigenvalue weighted by Crippen LogP contribution is -2.42. The molecule has 430 valence electrons. The normalized spacial score (nSPS) is 16.8. The summed E-state index contributed by atoms with van der Waals surface area (Å²) >= 11 is 0. The first-order chi connectivity index (χ1) is 36.2. The van der Waals surface area contributed by atoms with Crippen LogP contribution in [0, 0.1) is 0 Å². The highest BCUT2D eigenvalue weighted by atomic mass is 16.8. The first-order valence-corrected chi connectivity index (χ1v) is 31.2. The maximum Gasteiger partial charge on any atom is 0.308 e. The number of rotatable bonds is 53. The van der Waals surface area contributed by atoms with Gasteiger partial charge in [0.05, 0.1) is 6.42 Å². The molecule has 74 heavy (non-hydrogen) atoms. The van der Waals surface area contributed by atoms with E-state index in [4.69, 9.17) is 23.7 Å². The van der Waals surface area contributed by atoms with Gasteiger partial charge in [-0.25, -0.2) is 0 Å². The predicted molar refractivity (Wildman–Crippen MR) is 307 cm³/mol. The summed E-state index contributed by atoms with van der Waals surface area (Å²) < 4.78 is 29.9. The number of hydrogen-bond donors (Lipinski definition) is 0. The van der Waals surface area contributed by atoms with E-state index < -0.39 is 48.5 Å². The van der Waals surface area contributed by atoms with Crippen LogP contribution in [-0.4, -0.2) is 80.6 Å². The van der Waals surface area contributed by atoms with Gasteiger partial charge in [0.1, 0.15) is 12.7 Å². The van der Waals surface area contributed by atoms with Gasteiger partial charge in [-0.2, -0.15) is 0 Å². The zero-order valence-corrected chi connectivity index (χ0v) is 48.7. The van der Waals surface area contributed by atoms with Crippen molar-refractivity contribution >= 4 is 23.9 Å². The third-order valence-electron chi connectivity index (χ3n) is 14.1. The van der Waals surface area contributed by atoms with Crippen LogP contribution in [0.5, 0.6) is 0 Å². The van der Waals surface area contributed by atoms with Crippen molar-refractivity contribution in [2.45, 2.75) is 321 Å². The van der Waals surface area contributed by atoms with Gasteiger partial charge < -0.3 is 28.6 Å². The van der Waals surface area contributed by atoms with Crippen molar-refractivity contribution in [2.24, 2.45) is 0 Å². The molecule has 0 aromatic rings. The lowest BCUT2D eigenvalue weighted by Gasteiger charge is -2.24. The number of hydrogen-bond acceptors (Lipinski definition) is 10. The summed E-state index contributed by atoms with van der Waals surface area (Å²) in [4.78, 5) is 55.0. The van der Waals surface area contributed by atoms with Gasteiger partial charge in [0.15, 0.2) is 6.10 Å². The lowest BCUT2D eigenvalue weighted by atomic mass is 10.1. The largest absolute Gasteiger partial charge is 0.463 e. The molecular weight excluding hydrogens is 927 g/mol. The van der Waals surface area contributed by atoms with Gasteiger partial charge in [-0.3, -0.25) is 19.2 Å². The minimum absolute atomic E-state index is 0.169. The van der Waals surface area contributed by atoms with Crippen molar-refractivity contribution in [3.8, 4) is 0 Å². The van der Waals surface area contributed by atoms with E-state index in [-0.39, 0.29) is 32.3 Å². The van der Waals surface area contributed by atoms with Crippen LogP contribution in [0.15, 0.2) is 36.5 Å². The van der Waals surface area contributed by atoms with Crippen LogP contribution in [0.3, 0.4) is 0 Å². The summed E-state index contributed by atoms with van der Waals surface area (Å²) in [6, 6.07) is 0. The minimum atomic E-state index is -1.30. The molecule has 0 aliphatic carbocycles. The van der Waals surface area contributed by atoms with E-state index in [1.807, 2.05) is 19.0 Å². The minimum Gasteiger partial charge on any atom is -0.463 e. The Morgan fingerprint density at radius 3 is 1.00 bits per heavy atom. The van der Waals surface area contributed by atoms with Crippen LogP contribution in [0.4, 0.5) is 0 Å². The molecule has 0 unspecified atom stereocenters. The molecule has 0 aromatic heterocycles. The van der Waals surface area contributed by atoms with Gasteiger partial charge in [-0.05, 0) is 110 Å². The molecule has 0 bridgehead atoms. The fourth-order valence-electron chi connectivity index (χ4n) is 9.38. The molecular formula is C64H115NO9. The van der Waals surface area contributed by atoms with Gasteiger partial charge in [0, 0.05) is 25.8 Å². The maximum atomic E-state index is 13.5. The van der Waals surface area contributed by atoms with Crippen molar-refractivity contribution < 1.29 is 42.9 Å². The summed E-state index contributed by atoms with van der Waals surface area (Å²) in [6.45, 7) is 7.04. The molecule has 0 amide bonds. The molecule has 1 fully saturated rings. The van der Waals surface area contributed by atoms with E-state index in [9.17, 15) is 19.2 Å². The molecule has 10 heteroatoms. The van der Waals surface area contributed by atoms with E-state index in [2.05, 4.69) is 57.2 Å². The van der Waals surface area contributed by atoms with E-state index in [0.29, 0.717) is 25.8 Å². The first-order valence-electron chi connectivity index (χ1n) is 31.2. The first kappa shape index (κ1) is 69.0. The Morgan fingerprint density at radius 1 is 0.365 bits per heavy atom. The quantitative estimate of drug-likeness (QED) is 0.0252. The summed E-state index contributed by atoms with van der Waals surface area (Å²) in [7, 11) is 3.76. The number of nitrogens with zero attached hydrogens (tertiary/aromatic N) is 1. The molecule has 1 saturated heterocycles. The number of unbranched alkanes of at least 4 members (excludes halogenated alkanes) is 33. The molecule has 1 rings (SSSR count). The second-order valence-electron chi connectivity index (χ2n) is 21.7. The molecule has 0 N–H and O–H groups in total. The highest BCUT2D eigenvalue weighted by molar-refractivity contribution is 5.72. The van der Waals surface area contributed by atoms with Crippen LogP contribution in [0.25, 0.3) is 0 Å². The summed E-state index contributed by atoms with van der Waals surface area (Å²) in [5.74, 6) is -1.80. The van der Waals surface area contributed by atoms with Gasteiger partial charge in [0.25, 0.3) is 0 Å². The Bertz CT molecular complexity index is 1410. The van der Waals surface area contributed by atoms with Crippen LogP contribution in [-0.2, 0) is 42.9 Å². The standard InChI is InChI=1S/C64H115NO9/c1-6-9-12-15-18-21-24-27-30-33-36-39-42-45-48-51-59(67)72-62-57(56-70-58(66)54-55-65(4)5)71-64(74-61(69)53-50-47-44-41-38-35-32-29-26-23-20-17-14-11-8-3)63(62)73-60(68)52-49-46-43-40-37-34-31-28-25-22-19-16-13-10-7-2/h27-32,57,62-64H,6-26,33-56H2,1-5H3/b30-27-,31-28-,32-29-/t57-,62+,63+,64+/m1/s1. The summed E-state index contributed by atoms with van der Waals surface area (Å²) in [5, 5.41) is 0. The Kier molecular flexibility index (Phi) is 48.6. The van der Waals surface area contributed by atoms with Crippen LogP contribution in [0.1, 0.15) is 297 Å². The number of ether oxygens (including phenoxy) is 5. The van der Waals surface area contributed by atoms with Crippen molar-refractivity contribution in [1.29, 1.82) is 0 Å². The highest BCUT2D eigenvalue weighted by Crippen LogP contribution is 2.30. The Balaban J connectivity index is 2.80. The molecule has 1 aliphatic rings. The number of carbonyl (C=O) groups is 4. The monoisotopic (exact) mass is 1040 g/mol. The van der Waals surface area contributed by atoms with Crippen LogP contribution >= 0.6 is 0 Å². The van der Waals surface area contributed by atoms with Crippen molar-refractivity contribution in [1.82, 2.24) is 4.90 Å². The van der Waals surface area contributed by atoms with Crippen molar-refractivity contribution in [3.05, 3.63) is 36.5 Å². The molecule has 0 aromatic carbocycles. The smallest absolute Gasteiger partial charge is 0.308 e. The molecule has 0 radical (unpaired) electrons. The second-order valence-corrected chi connectivity index (χ2v) is 21.7. The van der Waals surface area contributed by atoms with Crippen LogP contribution in [0.2, 0.25) is 0 Å². The number of esters is 4. The molecule has 4 atom stereocenters. The molecule has 0 saturated carbocycles. The third kappa shape index (κ3) is 43.2. The van der Waals surface area contributed by atoms with Gasteiger partial charge in [-0.1, -0.05) is 211 Å². The predicted octanol–water partition coefficient (Wildman–Crippen LogP) is 17.7. The van der Waals surface area contributed by atoms with Gasteiger partial charge >= 0.3 is 23.9 Å². The summed E-state index contributed by atoms with van der Waals surface area (Å²) in [6.07, 6.45) is 55.1. The Labute approximate surface area is 455 Å². The lowest BCUT2D eigenvalue weighted by molar-refractivity contribution is -0.200. The zero-order chi connectivity index (χ0) is 53.8. The van der Waals surface area contributed by atoms with Crippen molar-refractivity contribution in [3.63, 3.8) is 0 Å². The highest BCUT2D eigenvalue weighted by Gasteiger charge is 2.52. The van der Waals surface area contributed by atoms with E-state index in [1.54, 1.807) is 0 Å². The van der Waals surface area contributed by atoms with E-state index >= 15 is 0 Å². The Hall–Kier alpha value is -2.98. The molecule has 0 spiro atoms. The van der Waals surface area contributed by atoms with Gasteiger partial charge in [0.2, 0.25) is 12.4 Å². The maximum absolute atomic E-state index is 13.5. The van der Waals surface area contributed by atoms with E-state index in [0.717, 1.165) is 96.3 Å². The van der Waals surface area contributed by atoms with Crippen molar-refractivity contribution in [2.75, 3.05) is 27.2 Å². The average molecular weight is 1040 g/mol. The molecule has 1 aliphatic heterocycles.